The Kier molecular flexibility index (Phi) is 4.41. The second-order valence-corrected chi connectivity index (χ2v) is 7.62. The summed E-state index contributed by atoms with van der Waals surface area (Å²) in [6, 6.07) is 22.8. The van der Waals surface area contributed by atoms with E-state index in [4.69, 9.17) is 4.74 Å². The van der Waals surface area contributed by atoms with Gasteiger partial charge in [-0.25, -0.2) is 4.98 Å². The van der Waals surface area contributed by atoms with Gasteiger partial charge in [0.2, 0.25) is 5.88 Å². The van der Waals surface area contributed by atoms with E-state index in [0.29, 0.717) is 12.5 Å². The number of ether oxygens (including phenoxy) is 1. The summed E-state index contributed by atoms with van der Waals surface area (Å²) in [5.41, 5.74) is 2.10. The van der Waals surface area contributed by atoms with E-state index in [-0.39, 0.29) is 0 Å². The predicted octanol–water partition coefficient (Wildman–Crippen LogP) is 6.33. The number of aromatic nitrogens is 1. The summed E-state index contributed by atoms with van der Waals surface area (Å²) in [7, 11) is 0. The van der Waals surface area contributed by atoms with Crippen LogP contribution < -0.4 is 4.74 Å². The van der Waals surface area contributed by atoms with Gasteiger partial charge in [0.1, 0.15) is 6.61 Å². The molecule has 3 aromatic carbocycles. The molecule has 0 aliphatic carbocycles. The number of nitrogens with zero attached hydrogens (tertiary/aromatic N) is 1. The predicted molar refractivity (Wildman–Crippen MR) is 110 cm³/mol. The van der Waals surface area contributed by atoms with Gasteiger partial charge < -0.3 is 4.74 Å². The highest BCUT2D eigenvalue weighted by atomic mass is 127. The molecule has 0 unspecified atom stereocenters. The fourth-order valence-corrected chi connectivity index (χ4v) is 3.76. The Morgan fingerprint density at radius 2 is 1.75 bits per heavy atom. The summed E-state index contributed by atoms with van der Waals surface area (Å²) in [5.74, 6) is 0.679. The van der Waals surface area contributed by atoms with Crippen LogP contribution in [0.4, 0.5) is 0 Å². The largest absolute Gasteiger partial charge is 0.472 e. The molecule has 0 atom stereocenters. The minimum Gasteiger partial charge on any atom is -0.472 e. The van der Waals surface area contributed by atoms with Gasteiger partial charge in [-0.3, -0.25) is 0 Å². The Bertz CT molecular complexity index is 1040. The van der Waals surface area contributed by atoms with E-state index < -0.39 is 0 Å². The maximum atomic E-state index is 6.04. The van der Waals surface area contributed by atoms with Crippen molar-refractivity contribution in [3.05, 3.63) is 80.3 Å². The standard InChI is InChI=1S/C20H13BrINO/c21-16-8-9-19-15(10-16)11-18(22)20(23-19)24-12-14-6-3-5-13-4-1-2-7-17(13)14/h1-11H,12H2. The Labute approximate surface area is 162 Å². The van der Waals surface area contributed by atoms with Crippen molar-refractivity contribution < 1.29 is 4.74 Å². The highest BCUT2D eigenvalue weighted by Gasteiger charge is 2.08. The highest BCUT2D eigenvalue weighted by molar-refractivity contribution is 14.1. The molecule has 2 nitrogen and oxygen atoms in total. The Balaban J connectivity index is 1.67. The average molecular weight is 490 g/mol. The number of hydrogen-bond acceptors (Lipinski definition) is 2. The van der Waals surface area contributed by atoms with Crippen molar-refractivity contribution in [1.29, 1.82) is 0 Å². The third kappa shape index (κ3) is 3.13. The van der Waals surface area contributed by atoms with E-state index in [1.54, 1.807) is 0 Å². The zero-order valence-corrected chi connectivity index (χ0v) is 16.4. The van der Waals surface area contributed by atoms with Gasteiger partial charge in [0.15, 0.2) is 0 Å². The van der Waals surface area contributed by atoms with Crippen LogP contribution in [0.5, 0.6) is 5.88 Å². The summed E-state index contributed by atoms with van der Waals surface area (Å²) >= 11 is 5.78. The van der Waals surface area contributed by atoms with Crippen molar-refractivity contribution in [3.8, 4) is 5.88 Å². The molecule has 0 bridgehead atoms. The lowest BCUT2D eigenvalue weighted by molar-refractivity contribution is 0.294. The van der Waals surface area contributed by atoms with Crippen molar-refractivity contribution in [3.63, 3.8) is 0 Å². The molecule has 0 spiro atoms. The molecule has 4 heteroatoms. The topological polar surface area (TPSA) is 22.1 Å². The van der Waals surface area contributed by atoms with Gasteiger partial charge in [0.25, 0.3) is 0 Å². The van der Waals surface area contributed by atoms with Crippen molar-refractivity contribution in [2.45, 2.75) is 6.61 Å². The summed E-state index contributed by atoms with van der Waals surface area (Å²) < 4.78 is 8.10. The number of hydrogen-bond donors (Lipinski definition) is 0. The first-order valence-corrected chi connectivity index (χ1v) is 9.43. The normalized spacial score (nSPS) is 11.1. The van der Waals surface area contributed by atoms with E-state index in [1.165, 1.54) is 16.3 Å². The molecular formula is C20H13BrINO. The van der Waals surface area contributed by atoms with Crippen molar-refractivity contribution >= 4 is 60.2 Å². The van der Waals surface area contributed by atoms with Crippen molar-refractivity contribution in [2.75, 3.05) is 0 Å². The van der Waals surface area contributed by atoms with Gasteiger partial charge in [0.05, 0.1) is 9.09 Å². The van der Waals surface area contributed by atoms with Crippen molar-refractivity contribution in [2.24, 2.45) is 0 Å². The first-order chi connectivity index (χ1) is 11.7. The summed E-state index contributed by atoms with van der Waals surface area (Å²) in [4.78, 5) is 4.66. The van der Waals surface area contributed by atoms with Crippen LogP contribution >= 0.6 is 38.5 Å². The monoisotopic (exact) mass is 489 g/mol. The molecule has 1 aromatic heterocycles. The second-order valence-electron chi connectivity index (χ2n) is 5.54. The molecule has 1 heterocycles. The van der Waals surface area contributed by atoms with Gasteiger partial charge in [0, 0.05) is 9.86 Å². The van der Waals surface area contributed by atoms with Crippen LogP contribution in [0.25, 0.3) is 21.7 Å². The van der Waals surface area contributed by atoms with Gasteiger partial charge in [-0.15, -0.1) is 0 Å². The second kappa shape index (κ2) is 6.69. The first-order valence-electron chi connectivity index (χ1n) is 7.56. The molecule has 0 amide bonds. The molecule has 0 aliphatic heterocycles. The number of fused-ring (bicyclic) bond motifs is 2. The minimum atomic E-state index is 0.506. The molecule has 0 saturated heterocycles. The minimum absolute atomic E-state index is 0.506. The third-order valence-electron chi connectivity index (χ3n) is 3.94. The smallest absolute Gasteiger partial charge is 0.228 e. The van der Waals surface area contributed by atoms with E-state index in [1.807, 2.05) is 12.1 Å². The van der Waals surface area contributed by atoms with Gasteiger partial charge in [-0.1, -0.05) is 58.4 Å². The molecule has 24 heavy (non-hydrogen) atoms. The van der Waals surface area contributed by atoms with Gasteiger partial charge in [-0.2, -0.15) is 0 Å². The van der Waals surface area contributed by atoms with Gasteiger partial charge in [-0.05, 0) is 63.2 Å². The fraction of sp³-hybridized carbons (Fsp3) is 0.0500. The number of rotatable bonds is 3. The molecule has 0 radical (unpaired) electrons. The highest BCUT2D eigenvalue weighted by Crippen LogP contribution is 2.27. The summed E-state index contributed by atoms with van der Waals surface area (Å²) in [5, 5.41) is 3.55. The lowest BCUT2D eigenvalue weighted by Crippen LogP contribution is -2.00. The van der Waals surface area contributed by atoms with Crippen LogP contribution in [-0.4, -0.2) is 4.98 Å². The lowest BCUT2D eigenvalue weighted by atomic mass is 10.1. The van der Waals surface area contributed by atoms with Gasteiger partial charge >= 0.3 is 0 Å². The number of halogens is 2. The summed E-state index contributed by atoms with van der Waals surface area (Å²) in [6.07, 6.45) is 0. The Morgan fingerprint density at radius 3 is 2.67 bits per heavy atom. The van der Waals surface area contributed by atoms with E-state index in [0.717, 1.165) is 18.9 Å². The first kappa shape index (κ1) is 15.8. The average Bonchev–Trinajstić information content (AvgIpc) is 2.60. The molecule has 4 rings (SSSR count). The Morgan fingerprint density at radius 1 is 0.917 bits per heavy atom. The van der Waals surface area contributed by atoms with Crippen molar-refractivity contribution in [1.82, 2.24) is 4.98 Å². The van der Waals surface area contributed by atoms with Crippen LogP contribution in [0, 0.1) is 3.57 Å². The molecular weight excluding hydrogens is 477 g/mol. The number of benzene rings is 3. The van der Waals surface area contributed by atoms with Crippen LogP contribution in [0.1, 0.15) is 5.56 Å². The third-order valence-corrected chi connectivity index (χ3v) is 5.21. The molecule has 0 aliphatic rings. The van der Waals surface area contributed by atoms with Crippen LogP contribution in [0.15, 0.2) is 71.2 Å². The molecule has 0 N–H and O–H groups in total. The SMILES string of the molecule is Brc1ccc2nc(OCc3cccc4ccccc34)c(I)cc2c1. The number of pyridine rings is 1. The maximum absolute atomic E-state index is 6.04. The molecule has 0 saturated carbocycles. The summed E-state index contributed by atoms with van der Waals surface area (Å²) in [6.45, 7) is 0.506. The molecule has 0 fully saturated rings. The van der Waals surface area contributed by atoms with Crippen LogP contribution in [0.3, 0.4) is 0 Å². The molecule has 4 aromatic rings. The van der Waals surface area contributed by atoms with Crippen LogP contribution in [-0.2, 0) is 6.61 Å². The molecule has 118 valence electrons. The lowest BCUT2D eigenvalue weighted by Gasteiger charge is -2.11. The van der Waals surface area contributed by atoms with E-state index >= 15 is 0 Å². The Hall–Kier alpha value is -1.66. The fourth-order valence-electron chi connectivity index (χ4n) is 2.77. The van der Waals surface area contributed by atoms with E-state index in [9.17, 15) is 0 Å². The van der Waals surface area contributed by atoms with E-state index in [2.05, 4.69) is 98.1 Å². The quantitative estimate of drug-likeness (QED) is 0.313. The maximum Gasteiger partial charge on any atom is 0.228 e. The van der Waals surface area contributed by atoms with Crippen LogP contribution in [0.2, 0.25) is 0 Å². The zero-order valence-electron chi connectivity index (χ0n) is 12.7. The zero-order chi connectivity index (χ0) is 16.5.